The SMILES string of the molecule is Cc1ccc(-c2nc(-c3ccc(-c4n[nH]c(-c5ccc(C)cc5)n4)cc3)n[nH]2)cc1. The molecule has 2 heterocycles. The van der Waals surface area contributed by atoms with Gasteiger partial charge in [0.25, 0.3) is 0 Å². The number of hydrogen-bond donors (Lipinski definition) is 2. The highest BCUT2D eigenvalue weighted by atomic mass is 15.2. The van der Waals surface area contributed by atoms with Gasteiger partial charge in [-0.1, -0.05) is 83.9 Å². The molecule has 2 aromatic heterocycles. The fourth-order valence-electron chi connectivity index (χ4n) is 3.23. The second kappa shape index (κ2) is 7.40. The fourth-order valence-corrected chi connectivity index (χ4v) is 3.23. The summed E-state index contributed by atoms with van der Waals surface area (Å²) in [6.45, 7) is 4.13. The van der Waals surface area contributed by atoms with E-state index in [2.05, 4.69) is 68.5 Å². The highest BCUT2D eigenvalue weighted by molar-refractivity contribution is 5.66. The molecule has 0 aliphatic heterocycles. The first kappa shape index (κ1) is 18.0. The largest absolute Gasteiger partial charge is 0.259 e. The second-order valence-electron chi connectivity index (χ2n) is 7.32. The van der Waals surface area contributed by atoms with E-state index in [1.807, 2.05) is 48.5 Å². The molecule has 5 aromatic rings. The third-order valence-corrected chi connectivity index (χ3v) is 5.02. The molecular weight excluding hydrogens is 372 g/mol. The van der Waals surface area contributed by atoms with Gasteiger partial charge in [0.05, 0.1) is 0 Å². The Morgan fingerprint density at radius 3 is 1.17 bits per heavy atom. The lowest BCUT2D eigenvalue weighted by molar-refractivity contribution is 1.10. The van der Waals surface area contributed by atoms with Crippen LogP contribution in [0.4, 0.5) is 0 Å². The number of hydrogen-bond acceptors (Lipinski definition) is 4. The van der Waals surface area contributed by atoms with E-state index in [0.717, 1.165) is 33.9 Å². The van der Waals surface area contributed by atoms with Gasteiger partial charge >= 0.3 is 0 Å². The van der Waals surface area contributed by atoms with Crippen LogP contribution in [0, 0.1) is 13.8 Å². The zero-order valence-corrected chi connectivity index (χ0v) is 16.7. The lowest BCUT2D eigenvalue weighted by Gasteiger charge is -1.99. The van der Waals surface area contributed by atoms with Crippen molar-refractivity contribution in [2.24, 2.45) is 0 Å². The van der Waals surface area contributed by atoms with E-state index in [1.165, 1.54) is 11.1 Å². The number of aromatic nitrogens is 6. The zero-order chi connectivity index (χ0) is 20.5. The molecule has 0 aliphatic rings. The highest BCUT2D eigenvalue weighted by Crippen LogP contribution is 2.24. The van der Waals surface area contributed by atoms with Crippen molar-refractivity contribution >= 4 is 0 Å². The standard InChI is InChI=1S/C24H20N6/c1-15-3-7-17(8-4-15)21-25-23(29-27-21)19-11-13-20(14-12-19)24-26-22(28-30-24)18-9-5-16(2)6-10-18/h3-14H,1-2H3,(H,25,27,29)(H,26,28,30). The van der Waals surface area contributed by atoms with Crippen molar-refractivity contribution in [2.45, 2.75) is 13.8 Å². The molecular formula is C24H20N6. The van der Waals surface area contributed by atoms with Gasteiger partial charge in [0.1, 0.15) is 0 Å². The number of H-pyrrole nitrogens is 2. The van der Waals surface area contributed by atoms with Gasteiger partial charge in [-0.15, -0.1) is 0 Å². The molecule has 6 heteroatoms. The maximum Gasteiger partial charge on any atom is 0.181 e. The number of aryl methyl sites for hydroxylation is 2. The Labute approximate surface area is 174 Å². The zero-order valence-electron chi connectivity index (χ0n) is 16.7. The molecule has 0 aliphatic carbocycles. The van der Waals surface area contributed by atoms with Crippen LogP contribution in [0.25, 0.3) is 45.6 Å². The van der Waals surface area contributed by atoms with Crippen LogP contribution in [-0.2, 0) is 0 Å². The number of aromatic amines is 2. The normalized spacial score (nSPS) is 11.0. The number of benzene rings is 3. The van der Waals surface area contributed by atoms with Gasteiger partial charge in [0.15, 0.2) is 23.3 Å². The van der Waals surface area contributed by atoms with Crippen molar-refractivity contribution in [3.63, 3.8) is 0 Å². The van der Waals surface area contributed by atoms with Crippen LogP contribution in [0.15, 0.2) is 72.8 Å². The molecule has 0 amide bonds. The summed E-state index contributed by atoms with van der Waals surface area (Å²) in [5.74, 6) is 2.83. The number of rotatable bonds is 4. The van der Waals surface area contributed by atoms with Crippen molar-refractivity contribution < 1.29 is 0 Å². The minimum atomic E-state index is 0.660. The fraction of sp³-hybridized carbons (Fsp3) is 0.0833. The van der Waals surface area contributed by atoms with Crippen LogP contribution in [0.1, 0.15) is 11.1 Å². The molecule has 0 saturated carbocycles. The number of nitrogens with zero attached hydrogens (tertiary/aromatic N) is 4. The summed E-state index contributed by atoms with van der Waals surface area (Å²) < 4.78 is 0. The molecule has 0 fully saturated rings. The third-order valence-electron chi connectivity index (χ3n) is 5.02. The van der Waals surface area contributed by atoms with Crippen LogP contribution in [0.5, 0.6) is 0 Å². The predicted octanol–water partition coefficient (Wildman–Crippen LogP) is 5.21. The van der Waals surface area contributed by atoms with Gasteiger partial charge in [0, 0.05) is 22.3 Å². The van der Waals surface area contributed by atoms with Crippen LogP contribution in [0.2, 0.25) is 0 Å². The van der Waals surface area contributed by atoms with Gasteiger partial charge in [-0.3, -0.25) is 10.2 Å². The van der Waals surface area contributed by atoms with Crippen molar-refractivity contribution in [3.8, 4) is 45.6 Å². The van der Waals surface area contributed by atoms with Crippen LogP contribution >= 0.6 is 0 Å². The Bertz CT molecular complexity index is 1180. The Morgan fingerprint density at radius 2 is 0.800 bits per heavy atom. The van der Waals surface area contributed by atoms with Gasteiger partial charge in [0.2, 0.25) is 0 Å². The van der Waals surface area contributed by atoms with Crippen molar-refractivity contribution in [1.29, 1.82) is 0 Å². The van der Waals surface area contributed by atoms with Crippen molar-refractivity contribution in [1.82, 2.24) is 30.4 Å². The van der Waals surface area contributed by atoms with E-state index < -0.39 is 0 Å². The molecule has 0 unspecified atom stereocenters. The summed E-state index contributed by atoms with van der Waals surface area (Å²) in [7, 11) is 0. The summed E-state index contributed by atoms with van der Waals surface area (Å²) in [4.78, 5) is 9.26. The van der Waals surface area contributed by atoms with E-state index in [9.17, 15) is 0 Å². The van der Waals surface area contributed by atoms with Crippen LogP contribution < -0.4 is 0 Å². The molecule has 0 bridgehead atoms. The molecule has 3 aromatic carbocycles. The molecule has 6 nitrogen and oxygen atoms in total. The minimum absolute atomic E-state index is 0.660. The van der Waals surface area contributed by atoms with Crippen molar-refractivity contribution in [3.05, 3.63) is 83.9 Å². The van der Waals surface area contributed by atoms with Crippen LogP contribution in [0.3, 0.4) is 0 Å². The Hall–Kier alpha value is -4.06. The van der Waals surface area contributed by atoms with Gasteiger partial charge in [-0.05, 0) is 13.8 Å². The average molecular weight is 392 g/mol. The van der Waals surface area contributed by atoms with Gasteiger partial charge in [-0.25, -0.2) is 9.97 Å². The summed E-state index contributed by atoms with van der Waals surface area (Å²) in [5.41, 5.74) is 6.32. The predicted molar refractivity (Wildman–Crippen MR) is 118 cm³/mol. The monoisotopic (exact) mass is 392 g/mol. The number of nitrogens with one attached hydrogen (secondary N) is 2. The molecule has 0 spiro atoms. The maximum atomic E-state index is 4.63. The Balaban J connectivity index is 1.37. The highest BCUT2D eigenvalue weighted by Gasteiger charge is 2.11. The first-order valence-corrected chi connectivity index (χ1v) is 9.75. The molecule has 0 saturated heterocycles. The maximum absolute atomic E-state index is 4.63. The van der Waals surface area contributed by atoms with Crippen molar-refractivity contribution in [2.75, 3.05) is 0 Å². The third kappa shape index (κ3) is 3.51. The first-order valence-electron chi connectivity index (χ1n) is 9.75. The van der Waals surface area contributed by atoms with E-state index in [1.54, 1.807) is 0 Å². The summed E-state index contributed by atoms with van der Waals surface area (Å²) in [5, 5.41) is 14.8. The minimum Gasteiger partial charge on any atom is -0.259 e. The Kier molecular flexibility index (Phi) is 4.44. The first-order chi connectivity index (χ1) is 14.7. The molecule has 0 radical (unpaired) electrons. The van der Waals surface area contributed by atoms with E-state index in [0.29, 0.717) is 11.6 Å². The molecule has 5 rings (SSSR count). The van der Waals surface area contributed by atoms with Crippen LogP contribution in [-0.4, -0.2) is 30.4 Å². The Morgan fingerprint density at radius 1 is 0.467 bits per heavy atom. The average Bonchev–Trinajstić information content (AvgIpc) is 3.45. The van der Waals surface area contributed by atoms with E-state index >= 15 is 0 Å². The van der Waals surface area contributed by atoms with E-state index in [4.69, 9.17) is 0 Å². The summed E-state index contributed by atoms with van der Waals surface area (Å²) >= 11 is 0. The topological polar surface area (TPSA) is 83.1 Å². The lowest BCUT2D eigenvalue weighted by Crippen LogP contribution is -1.84. The van der Waals surface area contributed by atoms with Gasteiger partial charge in [-0.2, -0.15) is 10.2 Å². The molecule has 146 valence electrons. The summed E-state index contributed by atoms with van der Waals surface area (Å²) in [6, 6.07) is 24.4. The summed E-state index contributed by atoms with van der Waals surface area (Å²) in [6.07, 6.45) is 0. The van der Waals surface area contributed by atoms with Gasteiger partial charge < -0.3 is 0 Å². The lowest BCUT2D eigenvalue weighted by atomic mass is 10.1. The molecule has 30 heavy (non-hydrogen) atoms. The molecule has 2 N–H and O–H groups in total. The molecule has 0 atom stereocenters. The smallest absolute Gasteiger partial charge is 0.181 e. The van der Waals surface area contributed by atoms with E-state index in [-0.39, 0.29) is 0 Å². The second-order valence-corrected chi connectivity index (χ2v) is 7.32. The quantitative estimate of drug-likeness (QED) is 0.440.